The Bertz CT molecular complexity index is 355. The summed E-state index contributed by atoms with van der Waals surface area (Å²) in [7, 11) is 1.44. The van der Waals surface area contributed by atoms with E-state index in [1.54, 1.807) is 0 Å². The monoisotopic (exact) mass is 291 g/mol. The summed E-state index contributed by atoms with van der Waals surface area (Å²) in [6, 6.07) is -0.767. The number of amides is 1. The van der Waals surface area contributed by atoms with E-state index in [-0.39, 0.29) is 12.3 Å². The number of likely N-dealkylation sites (tertiary alicyclic amines) is 1. The van der Waals surface area contributed by atoms with Crippen LogP contribution in [0.25, 0.3) is 0 Å². The lowest BCUT2D eigenvalue weighted by Gasteiger charge is -2.33. The minimum absolute atomic E-state index is 0.297. The number of hydrogen-bond donors (Lipinski definition) is 0. The van der Waals surface area contributed by atoms with E-state index in [0.717, 1.165) is 0 Å². The Morgan fingerprint density at radius 2 is 2.05 bits per heavy atom. The number of carbonyl (C=O) groups is 2. The fourth-order valence-electron chi connectivity index (χ4n) is 2.78. The Labute approximate surface area is 118 Å². The minimum atomic E-state index is -2.46. The van der Waals surface area contributed by atoms with Crippen LogP contribution >= 0.6 is 0 Å². The highest BCUT2D eigenvalue weighted by Gasteiger charge is 2.43. The zero-order chi connectivity index (χ0) is 15.5. The van der Waals surface area contributed by atoms with Crippen molar-refractivity contribution >= 4 is 12.2 Å². The Morgan fingerprint density at radius 1 is 1.45 bits per heavy atom. The Kier molecular flexibility index (Phi) is 5.62. The first-order chi connectivity index (χ1) is 9.22. The maximum atomic E-state index is 12.5. The van der Waals surface area contributed by atoms with Gasteiger partial charge in [-0.15, -0.1) is 0 Å². The molecule has 6 heteroatoms. The van der Waals surface area contributed by atoms with Gasteiger partial charge in [-0.3, -0.25) is 4.79 Å². The first kappa shape index (κ1) is 17.0. The third-order valence-corrected chi connectivity index (χ3v) is 3.73. The lowest BCUT2D eigenvalue weighted by Crippen LogP contribution is -2.49. The summed E-state index contributed by atoms with van der Waals surface area (Å²) < 4.78 is 30.2. The van der Waals surface area contributed by atoms with E-state index in [4.69, 9.17) is 4.74 Å². The van der Waals surface area contributed by atoms with Gasteiger partial charge in [0.05, 0.1) is 6.04 Å². The lowest BCUT2D eigenvalue weighted by atomic mass is 9.87. The largest absolute Gasteiger partial charge is 0.371 e. The van der Waals surface area contributed by atoms with E-state index in [2.05, 4.69) is 0 Å². The molecule has 1 aliphatic rings. The molecule has 1 aliphatic heterocycles. The Hall–Kier alpha value is -1.04. The van der Waals surface area contributed by atoms with Crippen molar-refractivity contribution in [2.75, 3.05) is 13.7 Å². The zero-order valence-corrected chi connectivity index (χ0v) is 12.4. The van der Waals surface area contributed by atoms with Crippen LogP contribution in [0.15, 0.2) is 0 Å². The topological polar surface area (TPSA) is 46.6 Å². The maximum absolute atomic E-state index is 12.5. The van der Waals surface area contributed by atoms with Crippen molar-refractivity contribution in [3.05, 3.63) is 0 Å². The number of alkyl halides is 2. The van der Waals surface area contributed by atoms with E-state index < -0.39 is 29.9 Å². The molecule has 2 unspecified atom stereocenters. The van der Waals surface area contributed by atoms with E-state index in [0.29, 0.717) is 19.3 Å². The average Bonchev–Trinajstić information content (AvgIpc) is 2.69. The first-order valence-corrected chi connectivity index (χ1v) is 6.79. The molecule has 0 saturated carbocycles. The van der Waals surface area contributed by atoms with Gasteiger partial charge in [0.2, 0.25) is 6.43 Å². The van der Waals surface area contributed by atoms with Gasteiger partial charge in [0.1, 0.15) is 12.4 Å². The van der Waals surface area contributed by atoms with Crippen LogP contribution in [0.3, 0.4) is 0 Å². The van der Waals surface area contributed by atoms with Gasteiger partial charge in [0.25, 0.3) is 5.91 Å². The molecule has 0 aromatic rings. The van der Waals surface area contributed by atoms with E-state index >= 15 is 0 Å². The third kappa shape index (κ3) is 3.75. The van der Waals surface area contributed by atoms with Gasteiger partial charge in [0, 0.05) is 20.1 Å². The predicted octanol–water partition coefficient (Wildman–Crippen LogP) is 2.12. The number of methoxy groups -OCH3 is 1. The summed E-state index contributed by atoms with van der Waals surface area (Å²) in [5.41, 5.74) is -0.417. The molecule has 116 valence electrons. The molecule has 0 aliphatic carbocycles. The normalized spacial score (nSPS) is 25.1. The molecule has 1 rings (SSSR count). The van der Waals surface area contributed by atoms with Crippen molar-refractivity contribution in [3.63, 3.8) is 0 Å². The van der Waals surface area contributed by atoms with Gasteiger partial charge in [0.15, 0.2) is 0 Å². The molecule has 1 fully saturated rings. The molecule has 0 radical (unpaired) electrons. The van der Waals surface area contributed by atoms with Crippen LogP contribution in [-0.4, -0.2) is 49.3 Å². The summed E-state index contributed by atoms with van der Waals surface area (Å²) in [4.78, 5) is 25.1. The highest BCUT2D eigenvalue weighted by molar-refractivity contribution is 5.85. The van der Waals surface area contributed by atoms with Crippen LogP contribution in [0.1, 0.15) is 33.6 Å². The van der Waals surface area contributed by atoms with Crippen molar-refractivity contribution in [3.8, 4) is 0 Å². The smallest absolute Gasteiger partial charge is 0.252 e. The van der Waals surface area contributed by atoms with Crippen LogP contribution in [-0.2, 0) is 14.3 Å². The van der Waals surface area contributed by atoms with Crippen LogP contribution in [0.2, 0.25) is 0 Å². The average molecular weight is 291 g/mol. The van der Waals surface area contributed by atoms with Crippen molar-refractivity contribution < 1.29 is 23.1 Å². The van der Waals surface area contributed by atoms with Crippen molar-refractivity contribution in [1.29, 1.82) is 0 Å². The molecule has 0 N–H and O–H groups in total. The quantitative estimate of drug-likeness (QED) is 0.729. The zero-order valence-electron chi connectivity index (χ0n) is 12.4. The van der Waals surface area contributed by atoms with Gasteiger partial charge in [-0.1, -0.05) is 20.8 Å². The van der Waals surface area contributed by atoms with Gasteiger partial charge >= 0.3 is 0 Å². The summed E-state index contributed by atoms with van der Waals surface area (Å²) >= 11 is 0. The number of halogens is 2. The number of hydrogen-bond acceptors (Lipinski definition) is 3. The number of ether oxygens (including phenoxy) is 1. The van der Waals surface area contributed by atoms with Crippen molar-refractivity contribution in [2.24, 2.45) is 11.3 Å². The highest BCUT2D eigenvalue weighted by Crippen LogP contribution is 2.32. The fourth-order valence-corrected chi connectivity index (χ4v) is 2.78. The summed E-state index contributed by atoms with van der Waals surface area (Å²) in [6.07, 6.45) is -2.46. The molecular weight excluding hydrogens is 268 g/mol. The van der Waals surface area contributed by atoms with E-state index in [1.807, 2.05) is 20.8 Å². The molecule has 1 saturated heterocycles. The number of nitrogens with zero attached hydrogens (tertiary/aromatic N) is 1. The molecular formula is C14H23F2NO3. The predicted molar refractivity (Wildman–Crippen MR) is 70.5 cm³/mol. The third-order valence-electron chi connectivity index (χ3n) is 3.73. The molecule has 4 nitrogen and oxygen atoms in total. The summed E-state index contributed by atoms with van der Waals surface area (Å²) in [6.45, 7) is 5.92. The second kappa shape index (κ2) is 6.61. The number of aldehydes is 1. The lowest BCUT2D eigenvalue weighted by molar-refractivity contribution is -0.151. The van der Waals surface area contributed by atoms with Crippen molar-refractivity contribution in [2.45, 2.75) is 52.2 Å². The second-order valence-corrected chi connectivity index (χ2v) is 6.32. The standard InChI is InChI=1S/C14H23F2NO3/c1-14(2,3)12(20-4)13(19)17-6-5-9(7-11(15)16)10(17)8-18/h8-12H,5-7H2,1-4H3/t9?,10?,12-/m1/s1. The molecule has 0 aromatic carbocycles. The van der Waals surface area contributed by atoms with Gasteiger partial charge in [-0.25, -0.2) is 8.78 Å². The maximum Gasteiger partial charge on any atom is 0.252 e. The Balaban J connectivity index is 2.85. The van der Waals surface area contributed by atoms with E-state index in [9.17, 15) is 18.4 Å². The number of carbonyl (C=O) groups excluding carboxylic acids is 2. The molecule has 1 heterocycles. The van der Waals surface area contributed by atoms with E-state index in [1.165, 1.54) is 12.0 Å². The summed E-state index contributed by atoms with van der Waals surface area (Å²) in [5.74, 6) is -0.761. The first-order valence-electron chi connectivity index (χ1n) is 6.79. The van der Waals surface area contributed by atoms with Crippen LogP contribution in [0.5, 0.6) is 0 Å². The molecule has 0 bridgehead atoms. The van der Waals surface area contributed by atoms with Crippen LogP contribution in [0.4, 0.5) is 8.78 Å². The van der Waals surface area contributed by atoms with Gasteiger partial charge in [-0.2, -0.15) is 0 Å². The highest BCUT2D eigenvalue weighted by atomic mass is 19.3. The molecule has 20 heavy (non-hydrogen) atoms. The molecule has 1 amide bonds. The van der Waals surface area contributed by atoms with Gasteiger partial charge in [-0.05, 0) is 17.8 Å². The molecule has 3 atom stereocenters. The minimum Gasteiger partial charge on any atom is -0.371 e. The van der Waals surface area contributed by atoms with Crippen LogP contribution < -0.4 is 0 Å². The van der Waals surface area contributed by atoms with Crippen molar-refractivity contribution in [1.82, 2.24) is 4.90 Å². The fraction of sp³-hybridized carbons (Fsp3) is 0.857. The SMILES string of the molecule is CO[C@H](C(=O)N1CCC(CC(F)F)C1C=O)C(C)(C)C. The second-order valence-electron chi connectivity index (χ2n) is 6.32. The molecule has 0 aromatic heterocycles. The Morgan fingerprint density at radius 3 is 2.45 bits per heavy atom. The number of rotatable bonds is 5. The van der Waals surface area contributed by atoms with Gasteiger partial charge < -0.3 is 14.4 Å². The van der Waals surface area contributed by atoms with Crippen LogP contribution in [0, 0.1) is 11.3 Å². The summed E-state index contributed by atoms with van der Waals surface area (Å²) in [5, 5.41) is 0. The molecule has 0 spiro atoms.